The van der Waals surface area contributed by atoms with Crippen LogP contribution in [0.25, 0.3) is 5.69 Å². The van der Waals surface area contributed by atoms with E-state index in [0.717, 1.165) is 6.20 Å². The molecule has 3 aromatic rings. The van der Waals surface area contributed by atoms with E-state index in [1.54, 1.807) is 36.4 Å². The number of azo groups is 1. The molecule has 1 aliphatic heterocycles. The summed E-state index contributed by atoms with van der Waals surface area (Å²) in [6.07, 6.45) is 2.35. The summed E-state index contributed by atoms with van der Waals surface area (Å²) in [4.78, 5) is 39.9. The van der Waals surface area contributed by atoms with Crippen LogP contribution in [0.15, 0.2) is 92.2 Å². The molecule has 1 fully saturated rings. The fraction of sp³-hybridized carbons (Fsp3) is 0. The first-order chi connectivity index (χ1) is 14.1. The van der Waals surface area contributed by atoms with E-state index in [2.05, 4.69) is 25.6 Å². The van der Waals surface area contributed by atoms with Gasteiger partial charge in [0.1, 0.15) is 0 Å². The van der Waals surface area contributed by atoms with Crippen molar-refractivity contribution in [1.29, 1.82) is 0 Å². The highest BCUT2D eigenvalue weighted by Gasteiger charge is 2.29. The summed E-state index contributed by atoms with van der Waals surface area (Å²) >= 11 is 0. The highest BCUT2D eigenvalue weighted by Crippen LogP contribution is 2.21. The molecule has 2 heterocycles. The molecule has 0 unspecified atom stereocenters. The maximum atomic E-state index is 12.2. The van der Waals surface area contributed by atoms with Crippen LogP contribution in [0.4, 0.5) is 5.69 Å². The number of H-pyrrole nitrogens is 1. The van der Waals surface area contributed by atoms with E-state index in [0.29, 0.717) is 11.4 Å². The number of anilines is 1. The molecular formula is C18H13N6O5+. The topological polar surface area (TPSA) is 133 Å². The number of hydrogen-bond donors (Lipinski definition) is 2. The molecule has 11 nitrogen and oxygen atoms in total. The van der Waals surface area contributed by atoms with Crippen LogP contribution in [0.1, 0.15) is 10.4 Å². The largest absolute Gasteiger partial charge is 0.427 e. The molecule has 1 saturated heterocycles. The summed E-state index contributed by atoms with van der Waals surface area (Å²) in [6, 6.07) is 15.2. The van der Waals surface area contributed by atoms with Gasteiger partial charge in [-0.3, -0.25) is 9.32 Å². The first-order valence-electron chi connectivity index (χ1n) is 8.30. The summed E-state index contributed by atoms with van der Waals surface area (Å²) in [5.74, 6) is -1.26. The fourth-order valence-electron chi connectivity index (χ4n) is 2.50. The lowest BCUT2D eigenvalue weighted by molar-refractivity contribution is -0.670. The van der Waals surface area contributed by atoms with Crippen molar-refractivity contribution in [2.75, 3.05) is 5.01 Å². The van der Waals surface area contributed by atoms with E-state index in [4.69, 9.17) is 4.84 Å². The predicted molar refractivity (Wildman–Crippen MR) is 96.3 cm³/mol. The molecule has 0 aliphatic carbocycles. The smallest absolute Gasteiger partial charge is 0.345 e. The van der Waals surface area contributed by atoms with Gasteiger partial charge in [-0.15, -0.1) is 5.11 Å². The van der Waals surface area contributed by atoms with Gasteiger partial charge in [0, 0.05) is 17.7 Å². The zero-order chi connectivity index (χ0) is 20.2. The number of para-hydroxylation sites is 1. The maximum absolute atomic E-state index is 12.2. The second-order valence-corrected chi connectivity index (χ2v) is 5.75. The van der Waals surface area contributed by atoms with Crippen molar-refractivity contribution in [2.24, 2.45) is 10.2 Å². The number of aromatic nitrogens is 2. The number of carbonyl (C=O) groups is 2. The normalized spacial score (nSPS) is 15.2. The van der Waals surface area contributed by atoms with Gasteiger partial charge in [-0.2, -0.15) is 5.11 Å². The molecule has 2 N–H and O–H groups in total. The van der Waals surface area contributed by atoms with E-state index in [-0.39, 0.29) is 11.3 Å². The molecule has 144 valence electrons. The lowest BCUT2D eigenvalue weighted by Crippen LogP contribution is -2.32. The monoisotopic (exact) mass is 393 g/mol. The van der Waals surface area contributed by atoms with E-state index >= 15 is 0 Å². The third-order valence-corrected chi connectivity index (χ3v) is 3.89. The molecule has 0 bridgehead atoms. The molecule has 11 heteroatoms. The fourth-order valence-corrected chi connectivity index (χ4v) is 2.50. The van der Waals surface area contributed by atoms with Gasteiger partial charge in [0.2, 0.25) is 5.69 Å². The minimum absolute atomic E-state index is 0.0726. The average Bonchev–Trinajstić information content (AvgIpc) is 3.35. The maximum Gasteiger partial charge on any atom is 0.427 e. The molecule has 1 aromatic heterocycles. The number of aromatic amines is 1. The first kappa shape index (κ1) is 18.0. The van der Waals surface area contributed by atoms with Gasteiger partial charge >= 0.3 is 11.6 Å². The average molecular weight is 393 g/mol. The Morgan fingerprint density at radius 2 is 1.83 bits per heavy atom. The first-order valence-corrected chi connectivity index (χ1v) is 8.30. The van der Waals surface area contributed by atoms with Crippen LogP contribution in [0.2, 0.25) is 0 Å². The number of hydrazine groups is 1. The lowest BCUT2D eigenvalue weighted by Gasteiger charge is -2.14. The van der Waals surface area contributed by atoms with Crippen molar-refractivity contribution in [3.8, 4) is 5.69 Å². The number of amides is 1. The Labute approximate surface area is 162 Å². The Morgan fingerprint density at radius 3 is 2.52 bits per heavy atom. The standard InChI is InChI=1S/C18H12N6O5/c25-16-11-23(21-28-16)13-8-6-12(7-9-13)17(26)20-19-10-15-18(27)29-22-24(15)14-4-2-1-3-5-14/h1-11,22H/p+1/b15-10+,20-19?. The van der Waals surface area contributed by atoms with Crippen LogP contribution in [-0.4, -0.2) is 17.1 Å². The molecule has 1 amide bonds. The molecular weight excluding hydrogens is 380 g/mol. The predicted octanol–water partition coefficient (Wildman–Crippen LogP) is 1.16. The Hall–Kier alpha value is -4.38. The van der Waals surface area contributed by atoms with Crippen molar-refractivity contribution < 1.29 is 23.6 Å². The number of nitrogens with zero attached hydrogens (tertiary/aromatic N) is 4. The van der Waals surface area contributed by atoms with Crippen molar-refractivity contribution >= 4 is 17.6 Å². The number of rotatable bonds is 4. The Morgan fingerprint density at radius 1 is 1.07 bits per heavy atom. The van der Waals surface area contributed by atoms with E-state index in [1.165, 1.54) is 28.0 Å². The highest BCUT2D eigenvalue weighted by molar-refractivity contribution is 5.95. The third kappa shape index (κ3) is 3.84. The number of nitrogens with one attached hydrogen (secondary N) is 2. The summed E-state index contributed by atoms with van der Waals surface area (Å²) in [5, 5.41) is 11.1. The van der Waals surface area contributed by atoms with Gasteiger partial charge < -0.3 is 4.84 Å². The molecule has 4 rings (SSSR count). The number of hydrogen-bond acceptors (Lipinski definition) is 8. The van der Waals surface area contributed by atoms with Crippen molar-refractivity contribution in [1.82, 2.24) is 10.9 Å². The van der Waals surface area contributed by atoms with Crippen molar-refractivity contribution in [3.63, 3.8) is 0 Å². The third-order valence-electron chi connectivity index (χ3n) is 3.89. The Balaban J connectivity index is 1.49. The van der Waals surface area contributed by atoms with Gasteiger partial charge in [0.05, 0.1) is 11.9 Å². The Bertz CT molecular complexity index is 1160. The van der Waals surface area contributed by atoms with E-state index in [1.807, 2.05) is 6.07 Å². The lowest BCUT2D eigenvalue weighted by atomic mass is 10.2. The molecule has 0 saturated carbocycles. The summed E-state index contributed by atoms with van der Waals surface area (Å²) < 4.78 is 5.94. The Kier molecular flexibility index (Phi) is 4.78. The van der Waals surface area contributed by atoms with Crippen molar-refractivity contribution in [3.05, 3.63) is 88.7 Å². The quantitative estimate of drug-likeness (QED) is 0.386. The van der Waals surface area contributed by atoms with Gasteiger partial charge in [0.25, 0.3) is 12.1 Å². The highest BCUT2D eigenvalue weighted by atomic mass is 16.7. The zero-order valence-corrected chi connectivity index (χ0v) is 14.7. The molecule has 1 aliphatic rings. The van der Waals surface area contributed by atoms with E-state index < -0.39 is 17.5 Å². The van der Waals surface area contributed by atoms with Gasteiger partial charge in [-0.1, -0.05) is 23.8 Å². The van der Waals surface area contributed by atoms with Gasteiger partial charge in [-0.05, 0) is 34.2 Å². The second kappa shape index (κ2) is 7.70. The van der Waals surface area contributed by atoms with Gasteiger partial charge in [-0.25, -0.2) is 14.6 Å². The van der Waals surface area contributed by atoms with Crippen LogP contribution in [0.3, 0.4) is 0 Å². The minimum Gasteiger partial charge on any atom is -0.345 e. The molecule has 0 spiro atoms. The van der Waals surface area contributed by atoms with Crippen LogP contribution in [0.5, 0.6) is 0 Å². The zero-order valence-electron chi connectivity index (χ0n) is 14.7. The minimum atomic E-state index is -0.657. The second-order valence-electron chi connectivity index (χ2n) is 5.75. The molecule has 2 aromatic carbocycles. The van der Waals surface area contributed by atoms with Crippen LogP contribution in [-0.2, 0) is 9.63 Å². The summed E-state index contributed by atoms with van der Waals surface area (Å²) in [6.45, 7) is 0. The van der Waals surface area contributed by atoms with Crippen molar-refractivity contribution in [2.45, 2.75) is 0 Å². The van der Waals surface area contributed by atoms with Crippen LogP contribution < -0.4 is 20.9 Å². The number of carbonyl (C=O) groups excluding carboxylic acids is 2. The van der Waals surface area contributed by atoms with E-state index in [9.17, 15) is 14.4 Å². The number of benzene rings is 2. The van der Waals surface area contributed by atoms with Crippen LogP contribution in [0, 0.1) is 0 Å². The summed E-state index contributed by atoms with van der Waals surface area (Å²) in [5.41, 5.74) is 3.51. The molecule has 29 heavy (non-hydrogen) atoms. The summed E-state index contributed by atoms with van der Waals surface area (Å²) in [7, 11) is 0. The molecule has 0 radical (unpaired) electrons. The van der Waals surface area contributed by atoms with Crippen LogP contribution >= 0.6 is 0 Å². The SMILES string of the molecule is O=C1ONN(c2ccccc2)/C1=C/N=NC(=O)c1ccc(-[n+]2cc(=O)o[nH]2)cc1. The molecule has 0 atom stereocenters. The van der Waals surface area contributed by atoms with Gasteiger partial charge in [0.15, 0.2) is 5.70 Å².